The van der Waals surface area contributed by atoms with Crippen LogP contribution in [-0.4, -0.2) is 33.9 Å². The molecule has 0 spiro atoms. The first kappa shape index (κ1) is 18.4. The van der Waals surface area contributed by atoms with Crippen LogP contribution in [0.1, 0.15) is 0 Å². The molecule has 27 heavy (non-hydrogen) atoms. The second-order valence-corrected chi connectivity index (χ2v) is 5.85. The number of anilines is 1. The zero-order chi connectivity index (χ0) is 19.4. The van der Waals surface area contributed by atoms with Gasteiger partial charge in [-0.05, 0) is 24.3 Å². The zero-order valence-corrected chi connectivity index (χ0v) is 14.7. The summed E-state index contributed by atoms with van der Waals surface area (Å²) in [4.78, 5) is 37.6. The zero-order valence-electron chi connectivity index (χ0n) is 14.7. The lowest BCUT2D eigenvalue weighted by molar-refractivity contribution is -0.116. The van der Waals surface area contributed by atoms with Crippen LogP contribution in [0.3, 0.4) is 0 Å². The van der Waals surface area contributed by atoms with Gasteiger partial charge in [-0.2, -0.15) is 0 Å². The van der Waals surface area contributed by atoms with Gasteiger partial charge in [0.25, 0.3) is 5.56 Å². The summed E-state index contributed by atoms with van der Waals surface area (Å²) in [5.41, 5.74) is -0.245. The number of aliphatic hydroxyl groups excluding tert-OH is 1. The molecule has 8 nitrogen and oxygen atoms in total. The van der Waals surface area contributed by atoms with Crippen molar-refractivity contribution in [3.8, 4) is 5.75 Å². The van der Waals surface area contributed by atoms with E-state index in [-0.39, 0.29) is 19.7 Å². The van der Waals surface area contributed by atoms with Crippen LogP contribution in [-0.2, 0) is 17.9 Å². The maximum Gasteiger partial charge on any atom is 0.332 e. The number of amides is 1. The average Bonchev–Trinajstić information content (AvgIpc) is 2.68. The number of hydrogen-bond donors (Lipinski definition) is 2. The highest BCUT2D eigenvalue weighted by atomic mass is 16.5. The molecule has 0 aliphatic rings. The number of ether oxygens (including phenoxy) is 1. The number of nitrogens with zero attached hydrogens (tertiary/aromatic N) is 2. The van der Waals surface area contributed by atoms with Crippen molar-refractivity contribution in [2.75, 3.05) is 19.0 Å². The third kappa shape index (κ3) is 3.75. The van der Waals surface area contributed by atoms with Crippen LogP contribution in [0.2, 0.25) is 0 Å². The Morgan fingerprint density at radius 3 is 2.63 bits per heavy atom. The average molecular weight is 369 g/mol. The molecule has 140 valence electrons. The molecule has 1 amide bonds. The first-order chi connectivity index (χ1) is 13.0. The summed E-state index contributed by atoms with van der Waals surface area (Å²) in [6, 6.07) is 13.4. The Kier molecular flexibility index (Phi) is 5.37. The van der Waals surface area contributed by atoms with Crippen LogP contribution in [0.25, 0.3) is 10.9 Å². The van der Waals surface area contributed by atoms with Crippen molar-refractivity contribution in [2.24, 2.45) is 0 Å². The van der Waals surface area contributed by atoms with E-state index in [1.807, 2.05) is 0 Å². The van der Waals surface area contributed by atoms with Gasteiger partial charge in [0, 0.05) is 11.8 Å². The Balaban J connectivity index is 1.99. The molecular weight excluding hydrogens is 350 g/mol. The lowest BCUT2D eigenvalue weighted by Gasteiger charge is -2.14. The van der Waals surface area contributed by atoms with Gasteiger partial charge >= 0.3 is 5.69 Å². The fourth-order valence-electron chi connectivity index (χ4n) is 2.87. The molecule has 3 aromatic rings. The molecule has 0 fully saturated rings. The van der Waals surface area contributed by atoms with Gasteiger partial charge in [0.1, 0.15) is 12.3 Å². The van der Waals surface area contributed by atoms with Crippen molar-refractivity contribution in [3.63, 3.8) is 0 Å². The summed E-state index contributed by atoms with van der Waals surface area (Å²) in [6.07, 6.45) is 0. The summed E-state index contributed by atoms with van der Waals surface area (Å²) >= 11 is 0. The van der Waals surface area contributed by atoms with E-state index in [1.165, 1.54) is 11.7 Å². The number of aromatic nitrogens is 2. The summed E-state index contributed by atoms with van der Waals surface area (Å²) in [5, 5.41) is 12.2. The summed E-state index contributed by atoms with van der Waals surface area (Å²) in [6.45, 7) is -0.772. The monoisotopic (exact) mass is 369 g/mol. The van der Waals surface area contributed by atoms with Gasteiger partial charge in [-0.25, -0.2) is 4.79 Å². The minimum atomic E-state index is -0.645. The lowest BCUT2D eigenvalue weighted by atomic mass is 10.2. The second-order valence-electron chi connectivity index (χ2n) is 5.85. The van der Waals surface area contributed by atoms with E-state index < -0.39 is 17.2 Å². The van der Waals surface area contributed by atoms with E-state index in [0.717, 1.165) is 4.57 Å². The number of hydrogen-bond acceptors (Lipinski definition) is 5. The molecule has 0 radical (unpaired) electrons. The molecule has 8 heteroatoms. The molecule has 0 atom stereocenters. The fraction of sp³-hybridized carbons (Fsp3) is 0.211. The predicted octanol–water partition coefficient (Wildman–Crippen LogP) is 0.803. The number of benzene rings is 2. The molecule has 0 saturated carbocycles. The molecule has 2 N–H and O–H groups in total. The highest BCUT2D eigenvalue weighted by molar-refractivity contribution is 5.91. The predicted molar refractivity (Wildman–Crippen MR) is 101 cm³/mol. The smallest absolute Gasteiger partial charge is 0.332 e. The molecular formula is C19H19N3O5. The van der Waals surface area contributed by atoms with Crippen molar-refractivity contribution in [3.05, 3.63) is 69.4 Å². The molecule has 0 unspecified atom stereocenters. The van der Waals surface area contributed by atoms with Crippen LogP contribution in [0.15, 0.2) is 58.1 Å². The van der Waals surface area contributed by atoms with Crippen LogP contribution < -0.4 is 21.3 Å². The standard InChI is InChI=1S/C19H19N3O5/c1-27-14-6-4-5-13(11-14)20-17(24)12-22-16-8-3-2-7-15(16)18(25)21(9-10-23)19(22)26/h2-8,11,23H,9-10,12H2,1H3,(H,20,24). The van der Waals surface area contributed by atoms with Crippen LogP contribution in [0, 0.1) is 0 Å². The van der Waals surface area contributed by atoms with E-state index >= 15 is 0 Å². The van der Waals surface area contributed by atoms with Crippen molar-refractivity contribution >= 4 is 22.5 Å². The summed E-state index contributed by atoms with van der Waals surface area (Å²) < 4.78 is 7.27. The molecule has 1 aromatic heterocycles. The molecule has 1 heterocycles. The Hall–Kier alpha value is -3.39. The maximum atomic E-state index is 12.7. The van der Waals surface area contributed by atoms with Gasteiger partial charge in [0.2, 0.25) is 5.91 Å². The summed E-state index contributed by atoms with van der Waals surface area (Å²) in [7, 11) is 1.52. The van der Waals surface area contributed by atoms with Crippen molar-refractivity contribution in [1.29, 1.82) is 0 Å². The topological polar surface area (TPSA) is 103 Å². The van der Waals surface area contributed by atoms with Crippen LogP contribution in [0.5, 0.6) is 5.75 Å². The minimum Gasteiger partial charge on any atom is -0.497 e. The Labute approximate surface area is 154 Å². The van der Waals surface area contributed by atoms with Gasteiger partial charge in [0.05, 0.1) is 31.2 Å². The number of carbonyl (C=O) groups excluding carboxylic acids is 1. The fourth-order valence-corrected chi connectivity index (χ4v) is 2.87. The van der Waals surface area contributed by atoms with E-state index in [1.54, 1.807) is 48.5 Å². The third-order valence-electron chi connectivity index (χ3n) is 4.11. The second kappa shape index (κ2) is 7.88. The molecule has 3 rings (SSSR count). The lowest BCUT2D eigenvalue weighted by Crippen LogP contribution is -2.42. The van der Waals surface area contributed by atoms with Gasteiger partial charge in [-0.15, -0.1) is 0 Å². The number of nitrogens with one attached hydrogen (secondary N) is 1. The SMILES string of the molecule is COc1cccc(NC(=O)Cn2c(=O)n(CCO)c(=O)c3ccccc32)c1. The van der Waals surface area contributed by atoms with E-state index in [4.69, 9.17) is 9.84 Å². The highest BCUT2D eigenvalue weighted by Crippen LogP contribution is 2.16. The quantitative estimate of drug-likeness (QED) is 0.669. The molecule has 0 aliphatic carbocycles. The van der Waals surface area contributed by atoms with E-state index in [9.17, 15) is 14.4 Å². The molecule has 0 aliphatic heterocycles. The first-order valence-electron chi connectivity index (χ1n) is 8.32. The number of rotatable bonds is 6. The van der Waals surface area contributed by atoms with Gasteiger partial charge in [-0.3, -0.25) is 18.7 Å². The van der Waals surface area contributed by atoms with E-state index in [2.05, 4.69) is 5.32 Å². The minimum absolute atomic E-state index is 0.139. The number of methoxy groups -OCH3 is 1. The van der Waals surface area contributed by atoms with Crippen molar-refractivity contribution in [1.82, 2.24) is 9.13 Å². The number of carbonyl (C=O) groups is 1. The third-order valence-corrected chi connectivity index (χ3v) is 4.11. The Morgan fingerprint density at radius 2 is 1.89 bits per heavy atom. The van der Waals surface area contributed by atoms with Crippen molar-refractivity contribution < 1.29 is 14.6 Å². The van der Waals surface area contributed by atoms with Gasteiger partial charge in [-0.1, -0.05) is 18.2 Å². The molecule has 0 bridgehead atoms. The number of para-hydroxylation sites is 1. The highest BCUT2D eigenvalue weighted by Gasteiger charge is 2.15. The van der Waals surface area contributed by atoms with E-state index in [0.29, 0.717) is 22.3 Å². The van der Waals surface area contributed by atoms with Crippen LogP contribution in [0.4, 0.5) is 5.69 Å². The molecule has 2 aromatic carbocycles. The maximum absolute atomic E-state index is 12.7. The number of aliphatic hydroxyl groups is 1. The van der Waals surface area contributed by atoms with Gasteiger partial charge < -0.3 is 15.2 Å². The largest absolute Gasteiger partial charge is 0.497 e. The normalized spacial score (nSPS) is 10.7. The Bertz CT molecular complexity index is 1100. The molecule has 0 saturated heterocycles. The Morgan fingerprint density at radius 1 is 1.11 bits per heavy atom. The summed E-state index contributed by atoms with van der Waals surface area (Å²) in [5.74, 6) is 0.164. The first-order valence-corrected chi connectivity index (χ1v) is 8.32. The van der Waals surface area contributed by atoms with Crippen molar-refractivity contribution in [2.45, 2.75) is 13.1 Å². The van der Waals surface area contributed by atoms with Gasteiger partial charge in [0.15, 0.2) is 0 Å². The van der Waals surface area contributed by atoms with Crippen LogP contribution >= 0.6 is 0 Å². The number of fused-ring (bicyclic) bond motifs is 1.